The van der Waals surface area contributed by atoms with E-state index < -0.39 is 0 Å². The van der Waals surface area contributed by atoms with Crippen LogP contribution in [0.15, 0.2) is 67.1 Å². The van der Waals surface area contributed by atoms with Crippen LogP contribution >= 0.6 is 0 Å². The number of aliphatic hydroxyl groups is 1. The zero-order valence-corrected chi connectivity index (χ0v) is 15.2. The number of rotatable bonds is 7. The first kappa shape index (κ1) is 18.7. The zero-order valence-electron chi connectivity index (χ0n) is 15.2. The summed E-state index contributed by atoms with van der Waals surface area (Å²) in [7, 11) is 0. The number of carbonyl (C=O) groups is 1. The van der Waals surface area contributed by atoms with E-state index in [1.165, 1.54) is 12.4 Å². The van der Waals surface area contributed by atoms with E-state index >= 15 is 0 Å². The third kappa shape index (κ3) is 4.95. The Morgan fingerprint density at radius 2 is 1.74 bits per heavy atom. The maximum Gasteiger partial charge on any atom is 0.257 e. The molecule has 6 nitrogen and oxygen atoms in total. The molecule has 27 heavy (non-hydrogen) atoms. The highest BCUT2D eigenvalue weighted by Gasteiger charge is 2.19. The molecule has 3 rings (SSSR count). The molecular weight excluding hydrogens is 340 g/mol. The van der Waals surface area contributed by atoms with Gasteiger partial charge in [0.05, 0.1) is 5.56 Å². The van der Waals surface area contributed by atoms with Gasteiger partial charge >= 0.3 is 0 Å². The maximum absolute atomic E-state index is 13.0. The summed E-state index contributed by atoms with van der Waals surface area (Å²) in [6, 6.07) is 15.3. The fraction of sp³-hybridized carbons (Fsp3) is 0.238. The van der Waals surface area contributed by atoms with E-state index in [1.54, 1.807) is 11.1 Å². The van der Waals surface area contributed by atoms with Crippen molar-refractivity contribution in [1.29, 1.82) is 0 Å². The average Bonchev–Trinajstić information content (AvgIpc) is 2.74. The third-order valence-electron chi connectivity index (χ3n) is 4.14. The molecule has 1 unspecified atom stereocenters. The van der Waals surface area contributed by atoms with Crippen LogP contribution in [0.25, 0.3) is 11.5 Å². The average molecular weight is 362 g/mol. The lowest BCUT2D eigenvalue weighted by Gasteiger charge is -2.25. The predicted molar refractivity (Wildman–Crippen MR) is 103 cm³/mol. The number of carbonyl (C=O) groups excluding carboxylic acids is 1. The smallest absolute Gasteiger partial charge is 0.257 e. The molecule has 1 amide bonds. The fourth-order valence-electron chi connectivity index (χ4n) is 2.71. The number of nitrogens with zero attached hydrogens (tertiary/aromatic N) is 4. The van der Waals surface area contributed by atoms with Crippen molar-refractivity contribution < 1.29 is 9.90 Å². The number of aromatic nitrogens is 3. The number of hydrogen-bond donors (Lipinski definition) is 1. The molecule has 0 aliphatic carbocycles. The highest BCUT2D eigenvalue weighted by molar-refractivity contribution is 5.93. The van der Waals surface area contributed by atoms with E-state index in [-0.39, 0.29) is 18.4 Å². The summed E-state index contributed by atoms with van der Waals surface area (Å²) < 4.78 is 0. The van der Waals surface area contributed by atoms with Crippen molar-refractivity contribution in [2.24, 2.45) is 5.92 Å². The minimum Gasteiger partial charge on any atom is -0.396 e. The Labute approximate surface area is 158 Å². The molecule has 3 aromatic rings. The molecule has 1 aromatic carbocycles. The van der Waals surface area contributed by atoms with E-state index in [4.69, 9.17) is 0 Å². The monoisotopic (exact) mass is 362 g/mol. The first-order chi connectivity index (χ1) is 13.2. The fourth-order valence-corrected chi connectivity index (χ4v) is 2.71. The van der Waals surface area contributed by atoms with Gasteiger partial charge in [0.2, 0.25) is 0 Å². The van der Waals surface area contributed by atoms with Crippen LogP contribution in [-0.4, -0.2) is 44.0 Å². The number of pyridine rings is 1. The molecule has 2 aromatic heterocycles. The lowest BCUT2D eigenvalue weighted by Crippen LogP contribution is -2.35. The SMILES string of the molecule is CC(CO)CN(Cc1ccccc1)C(=O)c1cnc(-c2ccccn2)nc1. The van der Waals surface area contributed by atoms with Crippen LogP contribution in [-0.2, 0) is 6.54 Å². The first-order valence-electron chi connectivity index (χ1n) is 8.85. The lowest BCUT2D eigenvalue weighted by atomic mass is 10.1. The highest BCUT2D eigenvalue weighted by Crippen LogP contribution is 2.14. The number of hydrogen-bond acceptors (Lipinski definition) is 5. The summed E-state index contributed by atoms with van der Waals surface area (Å²) in [4.78, 5) is 27.5. The van der Waals surface area contributed by atoms with Crippen LogP contribution in [0.3, 0.4) is 0 Å². The predicted octanol–water partition coefficient (Wildman–Crippen LogP) is 2.81. The number of benzene rings is 1. The van der Waals surface area contributed by atoms with Crippen molar-refractivity contribution in [1.82, 2.24) is 19.9 Å². The zero-order chi connectivity index (χ0) is 19.1. The largest absolute Gasteiger partial charge is 0.396 e. The van der Waals surface area contributed by atoms with Crippen LogP contribution in [0.4, 0.5) is 0 Å². The summed E-state index contributed by atoms with van der Waals surface area (Å²) in [5, 5.41) is 9.39. The van der Waals surface area contributed by atoms with Crippen molar-refractivity contribution >= 4 is 5.91 Å². The van der Waals surface area contributed by atoms with Crippen molar-refractivity contribution in [3.8, 4) is 11.5 Å². The second kappa shape index (κ2) is 9.00. The molecule has 0 aliphatic heterocycles. The van der Waals surface area contributed by atoms with Gasteiger partial charge in [-0.3, -0.25) is 9.78 Å². The Hall–Kier alpha value is -3.12. The van der Waals surface area contributed by atoms with E-state index in [2.05, 4.69) is 15.0 Å². The van der Waals surface area contributed by atoms with Crippen molar-refractivity contribution in [2.45, 2.75) is 13.5 Å². The Morgan fingerprint density at radius 3 is 2.37 bits per heavy atom. The molecule has 0 bridgehead atoms. The Kier molecular flexibility index (Phi) is 6.22. The molecular formula is C21H22N4O2. The summed E-state index contributed by atoms with van der Waals surface area (Å²) in [6.45, 7) is 2.85. The van der Waals surface area contributed by atoms with E-state index in [0.29, 0.717) is 30.2 Å². The Balaban J connectivity index is 1.80. The van der Waals surface area contributed by atoms with Gasteiger partial charge in [0.25, 0.3) is 5.91 Å². The third-order valence-corrected chi connectivity index (χ3v) is 4.14. The van der Waals surface area contributed by atoms with E-state index in [0.717, 1.165) is 5.56 Å². The second-order valence-corrected chi connectivity index (χ2v) is 6.47. The molecule has 0 saturated carbocycles. The summed E-state index contributed by atoms with van der Waals surface area (Å²) in [5.41, 5.74) is 2.10. The minimum absolute atomic E-state index is 0.0215. The molecule has 2 heterocycles. The Morgan fingerprint density at radius 1 is 1.04 bits per heavy atom. The normalized spacial score (nSPS) is 11.8. The molecule has 0 fully saturated rings. The molecule has 0 radical (unpaired) electrons. The maximum atomic E-state index is 13.0. The minimum atomic E-state index is -0.160. The van der Waals surface area contributed by atoms with Gasteiger partial charge in [-0.2, -0.15) is 0 Å². The van der Waals surface area contributed by atoms with Gasteiger partial charge in [-0.15, -0.1) is 0 Å². The first-order valence-corrected chi connectivity index (χ1v) is 8.85. The van der Waals surface area contributed by atoms with Crippen molar-refractivity contribution in [3.05, 3.63) is 78.2 Å². The molecule has 1 atom stereocenters. The summed E-state index contributed by atoms with van der Waals surface area (Å²) >= 11 is 0. The summed E-state index contributed by atoms with van der Waals surface area (Å²) in [6.07, 6.45) is 4.73. The second-order valence-electron chi connectivity index (χ2n) is 6.47. The molecule has 0 aliphatic rings. The quantitative estimate of drug-likeness (QED) is 0.699. The molecule has 138 valence electrons. The number of aliphatic hydroxyl groups excluding tert-OH is 1. The molecule has 0 saturated heterocycles. The van der Waals surface area contributed by atoms with E-state index in [9.17, 15) is 9.90 Å². The van der Waals surface area contributed by atoms with Crippen LogP contribution in [0.2, 0.25) is 0 Å². The molecule has 1 N–H and O–H groups in total. The topological polar surface area (TPSA) is 79.2 Å². The molecule has 6 heteroatoms. The number of amides is 1. The van der Waals surface area contributed by atoms with Gasteiger partial charge in [-0.25, -0.2) is 9.97 Å². The van der Waals surface area contributed by atoms with Crippen LogP contribution in [0, 0.1) is 5.92 Å². The van der Waals surface area contributed by atoms with Gasteiger partial charge in [0.15, 0.2) is 5.82 Å². The van der Waals surface area contributed by atoms with Crippen LogP contribution in [0.5, 0.6) is 0 Å². The Bertz CT molecular complexity index is 854. The molecule has 0 spiro atoms. The van der Waals surface area contributed by atoms with Gasteiger partial charge < -0.3 is 10.0 Å². The highest BCUT2D eigenvalue weighted by atomic mass is 16.3. The van der Waals surface area contributed by atoms with Crippen molar-refractivity contribution in [2.75, 3.05) is 13.2 Å². The lowest BCUT2D eigenvalue weighted by molar-refractivity contribution is 0.0693. The van der Waals surface area contributed by atoms with Gasteiger partial charge in [0, 0.05) is 38.3 Å². The van der Waals surface area contributed by atoms with Crippen LogP contribution in [0.1, 0.15) is 22.8 Å². The van der Waals surface area contributed by atoms with Gasteiger partial charge in [0.1, 0.15) is 5.69 Å². The van der Waals surface area contributed by atoms with Crippen LogP contribution < -0.4 is 0 Å². The van der Waals surface area contributed by atoms with Gasteiger partial charge in [-0.05, 0) is 23.6 Å². The standard InChI is InChI=1S/C21H22N4O2/c1-16(15-26)13-25(14-17-7-3-2-4-8-17)21(27)18-11-23-20(24-12-18)19-9-5-6-10-22-19/h2-12,16,26H,13-15H2,1H3. The van der Waals surface area contributed by atoms with Gasteiger partial charge in [-0.1, -0.05) is 43.3 Å². The van der Waals surface area contributed by atoms with Crippen molar-refractivity contribution in [3.63, 3.8) is 0 Å². The van der Waals surface area contributed by atoms with E-state index in [1.807, 2.05) is 55.5 Å². The summed E-state index contributed by atoms with van der Waals surface area (Å²) in [5.74, 6) is 0.295.